The van der Waals surface area contributed by atoms with Gasteiger partial charge < -0.3 is 0 Å². The Hall–Kier alpha value is -1.45. The van der Waals surface area contributed by atoms with Crippen molar-refractivity contribution in [2.45, 2.75) is 31.7 Å². The molecule has 0 unspecified atom stereocenters. The van der Waals surface area contributed by atoms with Crippen molar-refractivity contribution in [3.05, 3.63) is 29.6 Å². The smallest absolute Gasteiger partial charge is 0.207 e. The van der Waals surface area contributed by atoms with Crippen molar-refractivity contribution in [2.24, 2.45) is 0 Å². The molecular formula is C12H15FN2O2S. The van der Waals surface area contributed by atoms with Gasteiger partial charge in [-0.1, -0.05) is 6.07 Å². The van der Waals surface area contributed by atoms with Crippen molar-refractivity contribution in [1.82, 2.24) is 4.31 Å². The van der Waals surface area contributed by atoms with Crippen LogP contribution < -0.4 is 0 Å². The number of sulfonamides is 1. The molecule has 1 aromatic carbocycles. The Morgan fingerprint density at radius 2 is 2.06 bits per heavy atom. The summed E-state index contributed by atoms with van der Waals surface area (Å²) < 4.78 is 38.9. The molecule has 0 spiro atoms. The summed E-state index contributed by atoms with van der Waals surface area (Å²) >= 11 is 0. The highest BCUT2D eigenvalue weighted by Gasteiger charge is 2.28. The molecule has 0 amide bonds. The molecule has 0 aliphatic rings. The Kier molecular flexibility index (Phi) is 4.43. The number of nitrogens with zero attached hydrogens (tertiary/aromatic N) is 2. The first-order chi connectivity index (χ1) is 8.30. The maximum atomic E-state index is 13.2. The van der Waals surface area contributed by atoms with Gasteiger partial charge in [-0.15, -0.1) is 0 Å². The van der Waals surface area contributed by atoms with Crippen molar-refractivity contribution < 1.29 is 12.8 Å². The van der Waals surface area contributed by atoms with Gasteiger partial charge >= 0.3 is 0 Å². The van der Waals surface area contributed by atoms with E-state index in [0.29, 0.717) is 5.56 Å². The first-order valence-electron chi connectivity index (χ1n) is 5.45. The van der Waals surface area contributed by atoms with E-state index in [2.05, 4.69) is 0 Å². The quantitative estimate of drug-likeness (QED) is 0.787. The highest BCUT2D eigenvalue weighted by Crippen LogP contribution is 2.22. The Morgan fingerprint density at radius 3 is 2.56 bits per heavy atom. The second-order valence-corrected chi connectivity index (χ2v) is 6.07. The van der Waals surface area contributed by atoms with Crippen molar-refractivity contribution in [1.29, 1.82) is 5.26 Å². The fourth-order valence-corrected chi connectivity index (χ4v) is 3.36. The van der Waals surface area contributed by atoms with Gasteiger partial charge in [0.25, 0.3) is 0 Å². The minimum Gasteiger partial charge on any atom is -0.207 e. The van der Waals surface area contributed by atoms with E-state index in [9.17, 15) is 12.8 Å². The van der Waals surface area contributed by atoms with Gasteiger partial charge in [0, 0.05) is 6.04 Å². The monoisotopic (exact) mass is 270 g/mol. The first kappa shape index (κ1) is 14.6. The number of hydrogen-bond donors (Lipinski definition) is 0. The number of nitriles is 1. The zero-order chi connectivity index (χ0) is 13.9. The zero-order valence-electron chi connectivity index (χ0n) is 10.5. The summed E-state index contributed by atoms with van der Waals surface area (Å²) in [6, 6.07) is 5.05. The van der Waals surface area contributed by atoms with Gasteiger partial charge in [-0.05, 0) is 38.5 Å². The summed E-state index contributed by atoms with van der Waals surface area (Å²) in [5.74, 6) is -0.611. The fraction of sp³-hybridized carbons (Fsp3) is 0.417. The van der Waals surface area contributed by atoms with Crippen molar-refractivity contribution in [2.75, 3.05) is 6.54 Å². The highest BCUT2D eigenvalue weighted by molar-refractivity contribution is 7.89. The van der Waals surface area contributed by atoms with E-state index < -0.39 is 15.8 Å². The highest BCUT2D eigenvalue weighted by atomic mass is 32.2. The maximum Gasteiger partial charge on any atom is 0.244 e. The molecule has 6 heteroatoms. The summed E-state index contributed by atoms with van der Waals surface area (Å²) in [6.45, 7) is 4.68. The fourth-order valence-electron chi connectivity index (χ4n) is 1.59. The van der Waals surface area contributed by atoms with Gasteiger partial charge in [0.2, 0.25) is 10.0 Å². The van der Waals surface area contributed by atoms with Crippen LogP contribution in [0, 0.1) is 24.1 Å². The van der Waals surface area contributed by atoms with E-state index >= 15 is 0 Å². The van der Waals surface area contributed by atoms with E-state index in [1.165, 1.54) is 12.1 Å². The summed E-state index contributed by atoms with van der Waals surface area (Å²) in [5, 5.41) is 8.69. The lowest BCUT2D eigenvalue weighted by atomic mass is 10.2. The van der Waals surface area contributed by atoms with Crippen LogP contribution in [0.1, 0.15) is 19.4 Å². The zero-order valence-corrected chi connectivity index (χ0v) is 11.3. The number of aryl methyl sites for hydroxylation is 1. The Morgan fingerprint density at radius 1 is 1.44 bits per heavy atom. The lowest BCUT2D eigenvalue weighted by Crippen LogP contribution is -2.37. The second-order valence-electron chi connectivity index (χ2n) is 4.21. The van der Waals surface area contributed by atoms with Gasteiger partial charge in [-0.3, -0.25) is 0 Å². The number of hydrogen-bond acceptors (Lipinski definition) is 3. The Balaban J connectivity index is 3.36. The van der Waals surface area contributed by atoms with Crippen LogP contribution in [-0.4, -0.2) is 25.3 Å². The van der Waals surface area contributed by atoms with Crippen LogP contribution in [0.25, 0.3) is 0 Å². The Labute approximate surface area is 107 Å². The van der Waals surface area contributed by atoms with Gasteiger partial charge in [0.05, 0.1) is 11.0 Å². The third-order valence-electron chi connectivity index (χ3n) is 2.54. The molecule has 0 fully saturated rings. The van der Waals surface area contributed by atoms with Crippen molar-refractivity contribution >= 4 is 10.0 Å². The number of benzene rings is 1. The van der Waals surface area contributed by atoms with E-state index in [4.69, 9.17) is 5.26 Å². The predicted molar refractivity (Wildman–Crippen MR) is 65.8 cm³/mol. The van der Waals surface area contributed by atoms with E-state index in [1.54, 1.807) is 20.8 Å². The molecule has 0 heterocycles. The largest absolute Gasteiger partial charge is 0.244 e. The van der Waals surface area contributed by atoms with Gasteiger partial charge in [0.15, 0.2) is 0 Å². The maximum absolute atomic E-state index is 13.2. The molecule has 1 rings (SSSR count). The molecule has 0 N–H and O–H groups in total. The van der Waals surface area contributed by atoms with Crippen LogP contribution in [0.2, 0.25) is 0 Å². The normalized spacial score (nSPS) is 11.8. The third kappa shape index (κ3) is 2.86. The summed E-state index contributed by atoms with van der Waals surface area (Å²) in [7, 11) is -3.84. The molecule has 98 valence electrons. The molecule has 0 saturated heterocycles. The van der Waals surface area contributed by atoms with Crippen LogP contribution in [0.4, 0.5) is 4.39 Å². The molecule has 0 bridgehead atoms. The topological polar surface area (TPSA) is 61.2 Å². The van der Waals surface area contributed by atoms with Crippen LogP contribution in [0.5, 0.6) is 0 Å². The standard InChI is InChI=1S/C12H15FN2O2S/c1-9(2)15(7-6-14)18(16,17)12-8-11(13)5-4-10(12)3/h4-5,8-9H,7H2,1-3H3. The molecular weight excluding hydrogens is 255 g/mol. The van der Waals surface area contributed by atoms with Crippen molar-refractivity contribution in [3.63, 3.8) is 0 Å². The molecule has 0 aliphatic carbocycles. The first-order valence-corrected chi connectivity index (χ1v) is 6.89. The Bertz CT molecular complexity index is 576. The van der Waals surface area contributed by atoms with Crippen LogP contribution in [0.3, 0.4) is 0 Å². The molecule has 4 nitrogen and oxygen atoms in total. The number of halogens is 1. The van der Waals surface area contributed by atoms with Crippen LogP contribution >= 0.6 is 0 Å². The average Bonchev–Trinajstić information content (AvgIpc) is 2.28. The van der Waals surface area contributed by atoms with Gasteiger partial charge in [0.1, 0.15) is 12.4 Å². The molecule has 0 atom stereocenters. The summed E-state index contributed by atoms with van der Waals surface area (Å²) in [4.78, 5) is -0.0913. The SMILES string of the molecule is Cc1ccc(F)cc1S(=O)(=O)N(CC#N)C(C)C. The summed E-state index contributed by atoms with van der Waals surface area (Å²) in [5.41, 5.74) is 0.458. The minimum absolute atomic E-state index is 0.0913. The lowest BCUT2D eigenvalue weighted by molar-refractivity contribution is 0.385. The van der Waals surface area contributed by atoms with Crippen LogP contribution in [-0.2, 0) is 10.0 Å². The van der Waals surface area contributed by atoms with E-state index in [0.717, 1.165) is 10.4 Å². The molecule has 0 radical (unpaired) electrons. The number of rotatable bonds is 4. The lowest BCUT2D eigenvalue weighted by Gasteiger charge is -2.23. The van der Waals surface area contributed by atoms with Crippen molar-refractivity contribution in [3.8, 4) is 6.07 Å². The average molecular weight is 270 g/mol. The van der Waals surface area contributed by atoms with E-state index in [-0.39, 0.29) is 17.5 Å². The molecule has 0 saturated carbocycles. The van der Waals surface area contributed by atoms with Crippen LogP contribution in [0.15, 0.2) is 23.1 Å². The molecule has 0 aliphatic heterocycles. The molecule has 0 aromatic heterocycles. The predicted octanol–water partition coefficient (Wildman–Crippen LogP) is 2.06. The minimum atomic E-state index is -3.84. The van der Waals surface area contributed by atoms with Gasteiger partial charge in [-0.2, -0.15) is 9.57 Å². The van der Waals surface area contributed by atoms with Gasteiger partial charge in [-0.25, -0.2) is 12.8 Å². The molecule has 1 aromatic rings. The summed E-state index contributed by atoms with van der Waals surface area (Å²) in [6.07, 6.45) is 0. The third-order valence-corrected chi connectivity index (χ3v) is 4.70. The van der Waals surface area contributed by atoms with E-state index in [1.807, 2.05) is 6.07 Å². The second kappa shape index (κ2) is 5.46. The molecule has 18 heavy (non-hydrogen) atoms.